The van der Waals surface area contributed by atoms with Crippen LogP contribution in [-0.2, 0) is 9.53 Å². The summed E-state index contributed by atoms with van der Waals surface area (Å²) in [6.07, 6.45) is 1.39. The maximum atomic E-state index is 13.2. The molecule has 1 amide bonds. The molecule has 0 radical (unpaired) electrons. The molecule has 4 nitrogen and oxygen atoms in total. The summed E-state index contributed by atoms with van der Waals surface area (Å²) in [5, 5.41) is 5.92. The molecule has 92 valence electrons. The van der Waals surface area contributed by atoms with Crippen LogP contribution in [0.25, 0.3) is 0 Å². The molecule has 16 heavy (non-hydrogen) atoms. The van der Waals surface area contributed by atoms with E-state index in [4.69, 9.17) is 4.74 Å². The van der Waals surface area contributed by atoms with Gasteiger partial charge in [-0.15, -0.1) is 0 Å². The van der Waals surface area contributed by atoms with Gasteiger partial charge in [0.1, 0.15) is 6.17 Å². The molecule has 0 aromatic rings. The summed E-state index contributed by atoms with van der Waals surface area (Å²) >= 11 is 0. The van der Waals surface area contributed by atoms with Gasteiger partial charge in [0.2, 0.25) is 5.91 Å². The molecule has 1 unspecified atom stereocenters. The van der Waals surface area contributed by atoms with Gasteiger partial charge in [-0.1, -0.05) is 0 Å². The number of halogens is 1. The van der Waals surface area contributed by atoms with Crippen LogP contribution in [0.4, 0.5) is 4.39 Å². The highest BCUT2D eigenvalue weighted by Crippen LogP contribution is 2.37. The van der Waals surface area contributed by atoms with Crippen LogP contribution in [0, 0.1) is 5.92 Å². The molecule has 1 aliphatic carbocycles. The summed E-state index contributed by atoms with van der Waals surface area (Å²) in [5.74, 6) is 0.193. The predicted octanol–water partition coefficient (Wildman–Crippen LogP) is 0.228. The molecule has 1 aliphatic heterocycles. The molecule has 0 aromatic heterocycles. The molecule has 5 heteroatoms. The summed E-state index contributed by atoms with van der Waals surface area (Å²) < 4.78 is 18.1. The average molecular weight is 230 g/mol. The van der Waals surface area contributed by atoms with Crippen LogP contribution < -0.4 is 10.6 Å². The SMILES string of the molecule is COCCCNC(=O)[C@H]1N[C@H]2CC1C[C@@H]2F. The molecule has 4 atom stereocenters. The van der Waals surface area contributed by atoms with Gasteiger partial charge in [-0.25, -0.2) is 4.39 Å². The summed E-state index contributed by atoms with van der Waals surface area (Å²) in [5.41, 5.74) is 0. The molecular weight excluding hydrogens is 211 g/mol. The third kappa shape index (κ3) is 2.35. The van der Waals surface area contributed by atoms with Gasteiger partial charge in [0.25, 0.3) is 0 Å². The molecule has 0 spiro atoms. The van der Waals surface area contributed by atoms with E-state index < -0.39 is 6.17 Å². The van der Waals surface area contributed by atoms with Crippen LogP contribution in [0.2, 0.25) is 0 Å². The standard InChI is InChI=1S/C11H19FN2O2/c1-16-4-2-3-13-11(15)10-7-5-8(12)9(6-7)14-10/h7-10,14H,2-6H2,1H3,(H,13,15)/t7?,8-,9-,10-/m0/s1. The number of hydrogen-bond acceptors (Lipinski definition) is 3. The fraction of sp³-hybridized carbons (Fsp3) is 0.909. The van der Waals surface area contributed by atoms with Crippen LogP contribution in [0.15, 0.2) is 0 Å². The van der Waals surface area contributed by atoms with E-state index in [0.29, 0.717) is 19.6 Å². The fourth-order valence-electron chi connectivity index (χ4n) is 2.66. The third-order valence-corrected chi connectivity index (χ3v) is 3.49. The highest BCUT2D eigenvalue weighted by atomic mass is 19.1. The Kier molecular flexibility index (Phi) is 3.76. The molecular formula is C11H19FN2O2. The lowest BCUT2D eigenvalue weighted by molar-refractivity contribution is -0.124. The smallest absolute Gasteiger partial charge is 0.237 e. The van der Waals surface area contributed by atoms with E-state index in [1.165, 1.54) is 0 Å². The van der Waals surface area contributed by atoms with E-state index in [2.05, 4.69) is 10.6 Å². The van der Waals surface area contributed by atoms with Crippen molar-refractivity contribution < 1.29 is 13.9 Å². The van der Waals surface area contributed by atoms with Crippen LogP contribution in [0.5, 0.6) is 0 Å². The number of carbonyl (C=O) groups excluding carboxylic acids is 1. The van der Waals surface area contributed by atoms with E-state index in [-0.39, 0.29) is 23.9 Å². The van der Waals surface area contributed by atoms with Crippen molar-refractivity contribution in [1.82, 2.24) is 10.6 Å². The van der Waals surface area contributed by atoms with Gasteiger partial charge in [-0.2, -0.15) is 0 Å². The summed E-state index contributed by atoms with van der Waals surface area (Å²) in [4.78, 5) is 11.8. The highest BCUT2D eigenvalue weighted by molar-refractivity contribution is 5.82. The zero-order chi connectivity index (χ0) is 11.5. The third-order valence-electron chi connectivity index (χ3n) is 3.49. The van der Waals surface area contributed by atoms with Crippen molar-refractivity contribution in [3.63, 3.8) is 0 Å². The van der Waals surface area contributed by atoms with E-state index >= 15 is 0 Å². The molecule has 2 rings (SSSR count). The van der Waals surface area contributed by atoms with Crippen molar-refractivity contribution in [1.29, 1.82) is 0 Å². The topological polar surface area (TPSA) is 50.4 Å². The zero-order valence-electron chi connectivity index (χ0n) is 9.54. The average Bonchev–Trinajstić information content (AvgIpc) is 2.82. The predicted molar refractivity (Wildman–Crippen MR) is 57.8 cm³/mol. The van der Waals surface area contributed by atoms with E-state index in [1.54, 1.807) is 7.11 Å². The lowest BCUT2D eigenvalue weighted by Gasteiger charge is -2.24. The Bertz CT molecular complexity index is 260. The Balaban J connectivity index is 1.71. The van der Waals surface area contributed by atoms with Gasteiger partial charge in [0.15, 0.2) is 0 Å². The first-order valence-electron chi connectivity index (χ1n) is 5.89. The van der Waals surface area contributed by atoms with Crippen LogP contribution in [0.1, 0.15) is 19.3 Å². The highest BCUT2D eigenvalue weighted by Gasteiger charge is 2.48. The van der Waals surface area contributed by atoms with Crippen molar-refractivity contribution in [2.45, 2.75) is 37.5 Å². The minimum Gasteiger partial charge on any atom is -0.385 e. The van der Waals surface area contributed by atoms with Crippen molar-refractivity contribution in [2.24, 2.45) is 5.92 Å². The first kappa shape index (κ1) is 11.8. The van der Waals surface area contributed by atoms with Gasteiger partial charge < -0.3 is 10.1 Å². The van der Waals surface area contributed by atoms with Crippen molar-refractivity contribution in [2.75, 3.05) is 20.3 Å². The molecule has 1 heterocycles. The molecule has 1 saturated carbocycles. The molecule has 2 aliphatic rings. The lowest BCUT2D eigenvalue weighted by Crippen LogP contribution is -2.50. The number of hydrogen-bond donors (Lipinski definition) is 2. The Morgan fingerprint density at radius 2 is 2.38 bits per heavy atom. The fourth-order valence-corrected chi connectivity index (χ4v) is 2.66. The number of ether oxygens (including phenoxy) is 1. The van der Waals surface area contributed by atoms with E-state index in [1.807, 2.05) is 0 Å². The second-order valence-electron chi connectivity index (χ2n) is 4.64. The Morgan fingerprint density at radius 3 is 2.94 bits per heavy atom. The Morgan fingerprint density at radius 1 is 1.56 bits per heavy atom. The van der Waals surface area contributed by atoms with E-state index in [0.717, 1.165) is 12.8 Å². The van der Waals surface area contributed by atoms with Gasteiger partial charge in [-0.05, 0) is 25.2 Å². The number of amides is 1. The largest absolute Gasteiger partial charge is 0.385 e. The van der Waals surface area contributed by atoms with Crippen molar-refractivity contribution in [3.05, 3.63) is 0 Å². The van der Waals surface area contributed by atoms with Crippen LogP contribution in [-0.4, -0.2) is 44.4 Å². The minimum absolute atomic E-state index is 0.00973. The first-order chi connectivity index (χ1) is 7.72. The number of fused-ring (bicyclic) bond motifs is 2. The quantitative estimate of drug-likeness (QED) is 0.665. The number of nitrogens with one attached hydrogen (secondary N) is 2. The lowest BCUT2D eigenvalue weighted by atomic mass is 9.99. The van der Waals surface area contributed by atoms with Gasteiger partial charge in [0.05, 0.1) is 6.04 Å². The number of methoxy groups -OCH3 is 1. The number of piperidine rings is 1. The summed E-state index contributed by atoms with van der Waals surface area (Å²) in [7, 11) is 1.64. The summed E-state index contributed by atoms with van der Waals surface area (Å²) in [6, 6.07) is -0.278. The molecule has 0 aromatic carbocycles. The van der Waals surface area contributed by atoms with Gasteiger partial charge in [-0.3, -0.25) is 10.1 Å². The normalized spacial score (nSPS) is 36.6. The van der Waals surface area contributed by atoms with E-state index in [9.17, 15) is 9.18 Å². The van der Waals surface area contributed by atoms with Crippen molar-refractivity contribution >= 4 is 5.91 Å². The number of alkyl halides is 1. The minimum atomic E-state index is -0.762. The molecule has 1 saturated heterocycles. The van der Waals surface area contributed by atoms with Crippen LogP contribution in [0.3, 0.4) is 0 Å². The first-order valence-corrected chi connectivity index (χ1v) is 5.89. The van der Waals surface area contributed by atoms with Crippen molar-refractivity contribution in [3.8, 4) is 0 Å². The number of rotatable bonds is 5. The Hall–Kier alpha value is -0.680. The number of carbonyl (C=O) groups is 1. The second kappa shape index (κ2) is 5.10. The van der Waals surface area contributed by atoms with Crippen LogP contribution >= 0.6 is 0 Å². The Labute approximate surface area is 94.9 Å². The maximum Gasteiger partial charge on any atom is 0.237 e. The molecule has 2 bridgehead atoms. The zero-order valence-corrected chi connectivity index (χ0v) is 9.54. The second-order valence-corrected chi connectivity index (χ2v) is 4.64. The summed E-state index contributed by atoms with van der Waals surface area (Å²) in [6.45, 7) is 1.28. The maximum absolute atomic E-state index is 13.2. The van der Waals surface area contributed by atoms with Gasteiger partial charge in [0, 0.05) is 26.3 Å². The molecule has 2 fully saturated rings. The molecule has 2 N–H and O–H groups in total. The monoisotopic (exact) mass is 230 g/mol. The van der Waals surface area contributed by atoms with Gasteiger partial charge >= 0.3 is 0 Å².